The number of nitrogen functional groups attached to an aromatic ring is 1. The molecule has 5 rings (SSSR count). The number of hydrogen-bond acceptors (Lipinski definition) is 10. The third kappa shape index (κ3) is 4.70. The SMILES string of the molecule is CC(Sc1nc(N)c(C#N)c(-c2c(=O)o[nH][n+]2C)c1C#N)C(=O)Nc1ccc(-c2nc3ccccc3o2)cc1. The molecule has 3 heterocycles. The molecule has 0 saturated heterocycles. The minimum absolute atomic E-state index is 0.0186. The maximum atomic E-state index is 13.0. The summed E-state index contributed by atoms with van der Waals surface area (Å²) >= 11 is 0.969. The van der Waals surface area contributed by atoms with E-state index in [1.165, 1.54) is 11.7 Å². The number of hydrogen-bond donors (Lipinski definition) is 3. The molecule has 0 saturated carbocycles. The third-order valence-corrected chi connectivity index (χ3v) is 6.89. The first-order valence-electron chi connectivity index (χ1n) is 11.5. The van der Waals surface area contributed by atoms with E-state index in [-0.39, 0.29) is 39.1 Å². The van der Waals surface area contributed by atoms with Crippen molar-refractivity contribution in [2.24, 2.45) is 7.05 Å². The fourth-order valence-corrected chi connectivity index (χ4v) is 4.80. The van der Waals surface area contributed by atoms with Crippen LogP contribution in [0, 0.1) is 22.7 Å². The van der Waals surface area contributed by atoms with Gasteiger partial charge in [-0.3, -0.25) is 9.32 Å². The van der Waals surface area contributed by atoms with Crippen LogP contribution in [-0.2, 0) is 11.8 Å². The van der Waals surface area contributed by atoms with Gasteiger partial charge in [-0.25, -0.2) is 14.8 Å². The zero-order valence-electron chi connectivity index (χ0n) is 20.6. The number of para-hydroxylation sites is 2. The number of pyridine rings is 1. The number of oxazole rings is 1. The number of H-pyrrole nitrogens is 1. The number of aromatic amines is 1. The van der Waals surface area contributed by atoms with Crippen LogP contribution in [0.2, 0.25) is 0 Å². The monoisotopic (exact) mass is 539 g/mol. The van der Waals surface area contributed by atoms with Crippen molar-refractivity contribution in [1.29, 1.82) is 10.5 Å². The molecule has 1 atom stereocenters. The minimum Gasteiger partial charge on any atom is -0.436 e. The fourth-order valence-electron chi connectivity index (χ4n) is 3.89. The van der Waals surface area contributed by atoms with E-state index < -0.39 is 10.9 Å². The molecule has 3 aromatic heterocycles. The first-order chi connectivity index (χ1) is 18.8. The quantitative estimate of drug-likeness (QED) is 0.213. The molecule has 4 N–H and O–H groups in total. The Morgan fingerprint density at radius 1 is 1.13 bits per heavy atom. The second kappa shape index (κ2) is 10.2. The molecule has 0 radical (unpaired) electrons. The molecule has 13 heteroatoms. The molecule has 5 aromatic rings. The summed E-state index contributed by atoms with van der Waals surface area (Å²) in [4.78, 5) is 34.0. The highest BCUT2D eigenvalue weighted by Gasteiger charge is 2.32. The zero-order chi connectivity index (χ0) is 27.7. The zero-order valence-corrected chi connectivity index (χ0v) is 21.4. The van der Waals surface area contributed by atoms with Crippen molar-refractivity contribution in [1.82, 2.24) is 15.2 Å². The lowest BCUT2D eigenvalue weighted by Crippen LogP contribution is -2.34. The van der Waals surface area contributed by atoms with Gasteiger partial charge in [-0.1, -0.05) is 28.6 Å². The standard InChI is InChI=1S/C26H18N8O4S/c1-13(23(35)30-15-9-7-14(8-10-15)24-31-18-5-3-4-6-19(18)37-24)39-25-17(12-28)20(16(11-27)22(29)32-25)21-26(36)38-33-34(21)2/h3-10,13H,1-2H3,(H3-,29,30,31,32,33,35,36)/p+1. The van der Waals surface area contributed by atoms with E-state index in [9.17, 15) is 20.1 Å². The Morgan fingerprint density at radius 2 is 1.85 bits per heavy atom. The minimum atomic E-state index is -0.792. The molecule has 0 aliphatic rings. The number of rotatable bonds is 6. The van der Waals surface area contributed by atoms with Gasteiger partial charge in [-0.2, -0.15) is 10.5 Å². The summed E-state index contributed by atoms with van der Waals surface area (Å²) in [6.45, 7) is 1.63. The van der Waals surface area contributed by atoms with E-state index in [1.807, 2.05) is 36.4 Å². The average Bonchev–Trinajstić information content (AvgIpc) is 3.51. The van der Waals surface area contributed by atoms with E-state index in [0.717, 1.165) is 22.8 Å². The van der Waals surface area contributed by atoms with Crippen LogP contribution in [0.5, 0.6) is 0 Å². The van der Waals surface area contributed by atoms with Crippen molar-refractivity contribution in [3.8, 4) is 34.8 Å². The topological polar surface area (TPSA) is 191 Å². The number of nitriles is 2. The number of carbonyl (C=O) groups excluding carboxylic acids is 1. The molecule has 0 bridgehead atoms. The summed E-state index contributed by atoms with van der Waals surface area (Å²) < 4.78 is 11.8. The van der Waals surface area contributed by atoms with Crippen LogP contribution < -0.4 is 21.4 Å². The Hall–Kier alpha value is -5.40. The maximum absolute atomic E-state index is 13.0. The van der Waals surface area contributed by atoms with Crippen LogP contribution >= 0.6 is 11.8 Å². The normalized spacial score (nSPS) is 11.6. The average molecular weight is 540 g/mol. The number of thioether (sulfide) groups is 1. The summed E-state index contributed by atoms with van der Waals surface area (Å²) in [5.41, 5.74) is 7.62. The Bertz CT molecular complexity index is 1840. The van der Waals surface area contributed by atoms with Gasteiger partial charge in [0.25, 0.3) is 0 Å². The van der Waals surface area contributed by atoms with Crippen LogP contribution in [0.3, 0.4) is 0 Å². The second-order valence-corrected chi connectivity index (χ2v) is 9.68. The molecule has 0 spiro atoms. The molecule has 2 aromatic carbocycles. The van der Waals surface area contributed by atoms with E-state index in [1.54, 1.807) is 31.2 Å². The summed E-state index contributed by atoms with van der Waals surface area (Å²) in [6, 6.07) is 18.3. The maximum Gasteiger partial charge on any atom is 0.435 e. The Labute approximate surface area is 224 Å². The largest absolute Gasteiger partial charge is 0.436 e. The number of nitrogens with two attached hydrogens (primary N) is 1. The first kappa shape index (κ1) is 25.3. The fraction of sp³-hybridized carbons (Fsp3) is 0.115. The van der Waals surface area contributed by atoms with E-state index in [4.69, 9.17) is 14.7 Å². The summed E-state index contributed by atoms with van der Waals surface area (Å²) in [7, 11) is 1.48. The van der Waals surface area contributed by atoms with Gasteiger partial charge in [0.15, 0.2) is 12.6 Å². The van der Waals surface area contributed by atoms with Crippen LogP contribution in [-0.4, -0.2) is 26.4 Å². The van der Waals surface area contributed by atoms with E-state index in [0.29, 0.717) is 17.2 Å². The van der Waals surface area contributed by atoms with Gasteiger partial charge in [-0.05, 0) is 48.6 Å². The molecule has 0 aliphatic carbocycles. The molecule has 192 valence electrons. The van der Waals surface area contributed by atoms with Crippen LogP contribution in [0.4, 0.5) is 11.5 Å². The molecule has 1 amide bonds. The van der Waals surface area contributed by atoms with Crippen LogP contribution in [0.1, 0.15) is 18.1 Å². The number of amides is 1. The second-order valence-electron chi connectivity index (χ2n) is 8.35. The summed E-state index contributed by atoms with van der Waals surface area (Å²) in [5, 5.41) is 24.1. The number of nitrogens with one attached hydrogen (secondary N) is 2. The highest BCUT2D eigenvalue weighted by Crippen LogP contribution is 2.35. The van der Waals surface area contributed by atoms with Crippen LogP contribution in [0.15, 0.2) is 67.3 Å². The number of anilines is 2. The van der Waals surface area contributed by atoms with Gasteiger partial charge in [0.1, 0.15) is 39.6 Å². The van der Waals surface area contributed by atoms with Crippen molar-refractivity contribution in [2.45, 2.75) is 17.2 Å². The predicted molar refractivity (Wildman–Crippen MR) is 141 cm³/mol. The van der Waals surface area contributed by atoms with Gasteiger partial charge >= 0.3 is 11.3 Å². The van der Waals surface area contributed by atoms with Crippen molar-refractivity contribution >= 4 is 40.3 Å². The molecular weight excluding hydrogens is 520 g/mol. The number of aryl methyl sites for hydroxylation is 1. The van der Waals surface area contributed by atoms with Gasteiger partial charge in [0.05, 0.1) is 10.8 Å². The number of aromatic nitrogens is 4. The lowest BCUT2D eigenvalue weighted by molar-refractivity contribution is -0.730. The Kier molecular flexibility index (Phi) is 6.58. The molecule has 12 nitrogen and oxygen atoms in total. The predicted octanol–water partition coefficient (Wildman–Crippen LogP) is 3.11. The van der Waals surface area contributed by atoms with Crippen molar-refractivity contribution in [2.75, 3.05) is 11.1 Å². The van der Waals surface area contributed by atoms with E-state index >= 15 is 0 Å². The molecular formula is C26H19N8O4S+. The van der Waals surface area contributed by atoms with Gasteiger partial charge in [0.2, 0.25) is 11.8 Å². The van der Waals surface area contributed by atoms with Gasteiger partial charge in [0, 0.05) is 11.3 Å². The highest BCUT2D eigenvalue weighted by molar-refractivity contribution is 8.00. The summed E-state index contributed by atoms with van der Waals surface area (Å²) in [5.74, 6) is -0.0827. The number of fused-ring (bicyclic) bond motifs is 1. The van der Waals surface area contributed by atoms with E-state index in [2.05, 4.69) is 20.6 Å². The lowest BCUT2D eigenvalue weighted by atomic mass is 10.0. The third-order valence-electron chi connectivity index (χ3n) is 5.81. The molecule has 1 unspecified atom stereocenters. The van der Waals surface area contributed by atoms with Crippen molar-refractivity contribution in [3.63, 3.8) is 0 Å². The smallest absolute Gasteiger partial charge is 0.435 e. The Morgan fingerprint density at radius 3 is 2.49 bits per heavy atom. The van der Waals surface area contributed by atoms with Crippen molar-refractivity contribution in [3.05, 3.63) is 70.1 Å². The van der Waals surface area contributed by atoms with Crippen molar-refractivity contribution < 1.29 is 18.4 Å². The number of carbonyl (C=O) groups is 1. The molecule has 0 aliphatic heterocycles. The lowest BCUT2D eigenvalue weighted by Gasteiger charge is -2.14. The Balaban J connectivity index is 1.38. The molecule has 39 heavy (non-hydrogen) atoms. The number of nitrogens with zero attached hydrogens (tertiary/aromatic N) is 5. The van der Waals surface area contributed by atoms with Gasteiger partial charge in [-0.15, -0.1) is 0 Å². The summed E-state index contributed by atoms with van der Waals surface area (Å²) in [6.07, 6.45) is 0. The number of benzene rings is 2. The van der Waals surface area contributed by atoms with Crippen LogP contribution in [0.25, 0.3) is 33.8 Å². The highest BCUT2D eigenvalue weighted by atomic mass is 32.2. The first-order valence-corrected chi connectivity index (χ1v) is 12.3. The molecule has 0 fully saturated rings. The van der Waals surface area contributed by atoms with Gasteiger partial charge < -0.3 is 15.5 Å².